The molecule has 0 spiro atoms. The maximum Gasteiger partial charge on any atom is 0.227 e. The van der Waals surface area contributed by atoms with Crippen LogP contribution in [-0.2, 0) is 22.7 Å². The molecule has 0 bridgehead atoms. The number of allylic oxidation sites excluding steroid dienone is 3. The van der Waals surface area contributed by atoms with Crippen molar-refractivity contribution in [2.45, 2.75) is 70.2 Å². The van der Waals surface area contributed by atoms with Crippen LogP contribution in [0.5, 0.6) is 0 Å². The van der Waals surface area contributed by atoms with Gasteiger partial charge in [-0.25, -0.2) is 9.97 Å². The Balaban J connectivity index is 0.936. The number of amides is 1. The lowest BCUT2D eigenvalue weighted by molar-refractivity contribution is -0.131. The molecule has 8 heteroatoms. The Morgan fingerprint density at radius 3 is 2.36 bits per heavy atom. The Hall–Kier alpha value is -4.27. The van der Waals surface area contributed by atoms with Gasteiger partial charge in [-0.3, -0.25) is 9.69 Å². The van der Waals surface area contributed by atoms with E-state index in [1.165, 1.54) is 6.42 Å². The van der Waals surface area contributed by atoms with Crippen LogP contribution in [0.15, 0.2) is 84.7 Å². The van der Waals surface area contributed by atoms with Crippen molar-refractivity contribution in [3.05, 3.63) is 108 Å². The molecule has 45 heavy (non-hydrogen) atoms. The zero-order chi connectivity index (χ0) is 30.6. The second-order valence-corrected chi connectivity index (χ2v) is 12.6. The number of ether oxygens (including phenoxy) is 1. The lowest BCUT2D eigenvalue weighted by Gasteiger charge is -2.24. The van der Waals surface area contributed by atoms with E-state index in [1.54, 1.807) is 0 Å². The standard InChI is InChI=1S/C37H42N6O2/c1-42-18-6-12-33(42)36-38-22-31(40-36)29-16-14-27(15-17-29)24-45-25-28-10-5-11-30(20-28)32-23-39-37(41-32)34-13-7-19-43(34)35(44)21-26-8-3-2-4-9-26/h3,5,8-11,14-17,20,22-23,33-34H,2,4,6-7,12-13,18-19,21,24-25H2,1H3,(H,38,40)(H,39,41). The summed E-state index contributed by atoms with van der Waals surface area (Å²) in [5, 5.41) is 0. The highest BCUT2D eigenvalue weighted by Crippen LogP contribution is 2.33. The highest BCUT2D eigenvalue weighted by atomic mass is 16.5. The summed E-state index contributed by atoms with van der Waals surface area (Å²) < 4.78 is 6.11. The number of rotatable bonds is 10. The lowest BCUT2D eigenvalue weighted by Crippen LogP contribution is -2.31. The zero-order valence-electron chi connectivity index (χ0n) is 26.0. The number of nitrogens with one attached hydrogen (secondary N) is 2. The van der Waals surface area contributed by atoms with Crippen LogP contribution in [0, 0.1) is 0 Å². The summed E-state index contributed by atoms with van der Waals surface area (Å²) in [6, 6.07) is 17.3. The van der Waals surface area contributed by atoms with Gasteiger partial charge in [-0.15, -0.1) is 0 Å². The van der Waals surface area contributed by atoms with E-state index >= 15 is 0 Å². The summed E-state index contributed by atoms with van der Waals surface area (Å²) in [6.07, 6.45) is 17.1. The van der Waals surface area contributed by atoms with Crippen molar-refractivity contribution in [3.63, 3.8) is 0 Å². The summed E-state index contributed by atoms with van der Waals surface area (Å²) in [7, 11) is 2.17. The van der Waals surface area contributed by atoms with Crippen molar-refractivity contribution < 1.29 is 9.53 Å². The van der Waals surface area contributed by atoms with Crippen LogP contribution in [-0.4, -0.2) is 55.8 Å². The van der Waals surface area contributed by atoms with Gasteiger partial charge in [-0.05, 0) is 86.0 Å². The van der Waals surface area contributed by atoms with Crippen molar-refractivity contribution in [2.75, 3.05) is 20.1 Å². The first-order chi connectivity index (χ1) is 22.1. The normalized spacial score (nSPS) is 20.2. The van der Waals surface area contributed by atoms with E-state index in [0.717, 1.165) is 96.1 Å². The number of hydrogen-bond acceptors (Lipinski definition) is 5. The number of hydrogen-bond donors (Lipinski definition) is 2. The van der Waals surface area contributed by atoms with Gasteiger partial charge in [0.15, 0.2) is 0 Å². The van der Waals surface area contributed by atoms with Crippen LogP contribution in [0.25, 0.3) is 22.5 Å². The third-order valence-electron chi connectivity index (χ3n) is 9.38. The Bertz CT molecular complexity index is 1680. The number of aromatic amines is 2. The molecule has 232 valence electrons. The molecule has 2 N–H and O–H groups in total. The minimum Gasteiger partial charge on any atom is -0.372 e. The van der Waals surface area contributed by atoms with E-state index < -0.39 is 0 Å². The van der Waals surface area contributed by atoms with Crippen LogP contribution < -0.4 is 0 Å². The van der Waals surface area contributed by atoms with Crippen molar-refractivity contribution in [1.82, 2.24) is 29.7 Å². The smallest absolute Gasteiger partial charge is 0.227 e. The van der Waals surface area contributed by atoms with Crippen molar-refractivity contribution in [2.24, 2.45) is 0 Å². The molecular weight excluding hydrogens is 560 g/mol. The molecule has 4 aromatic rings. The largest absolute Gasteiger partial charge is 0.372 e. The van der Waals surface area contributed by atoms with Crippen LogP contribution in [0.4, 0.5) is 0 Å². The van der Waals surface area contributed by atoms with E-state index in [1.807, 2.05) is 17.3 Å². The van der Waals surface area contributed by atoms with Gasteiger partial charge >= 0.3 is 0 Å². The van der Waals surface area contributed by atoms with E-state index in [0.29, 0.717) is 25.7 Å². The second kappa shape index (κ2) is 13.4. The average Bonchev–Trinajstić information content (AvgIpc) is 3.89. The predicted octanol–water partition coefficient (Wildman–Crippen LogP) is 7.28. The van der Waals surface area contributed by atoms with Gasteiger partial charge in [-0.2, -0.15) is 0 Å². The van der Waals surface area contributed by atoms with Gasteiger partial charge in [0, 0.05) is 6.54 Å². The van der Waals surface area contributed by atoms with Gasteiger partial charge in [0.05, 0.1) is 55.5 Å². The maximum absolute atomic E-state index is 13.1. The molecule has 3 aliphatic rings. The zero-order valence-corrected chi connectivity index (χ0v) is 26.0. The number of imidazole rings is 2. The van der Waals surface area contributed by atoms with Gasteiger partial charge < -0.3 is 19.6 Å². The first-order valence-electron chi connectivity index (χ1n) is 16.3. The highest BCUT2D eigenvalue weighted by Gasteiger charge is 2.32. The first-order valence-corrected chi connectivity index (χ1v) is 16.3. The monoisotopic (exact) mass is 602 g/mol. The molecule has 4 heterocycles. The summed E-state index contributed by atoms with van der Waals surface area (Å²) >= 11 is 0. The van der Waals surface area contributed by atoms with Gasteiger partial charge in [0.25, 0.3) is 0 Å². The van der Waals surface area contributed by atoms with E-state index in [9.17, 15) is 4.79 Å². The number of benzene rings is 2. The fourth-order valence-corrected chi connectivity index (χ4v) is 6.88. The molecule has 2 aliphatic heterocycles. The molecule has 7 rings (SSSR count). The topological polar surface area (TPSA) is 90.1 Å². The Morgan fingerprint density at radius 2 is 1.60 bits per heavy atom. The Labute approximate surface area is 265 Å². The molecule has 1 amide bonds. The predicted molar refractivity (Wildman–Crippen MR) is 176 cm³/mol. The summed E-state index contributed by atoms with van der Waals surface area (Å²) in [5.41, 5.74) is 7.58. The van der Waals surface area contributed by atoms with Crippen LogP contribution in [0.1, 0.15) is 79.8 Å². The van der Waals surface area contributed by atoms with E-state index in [2.05, 4.69) is 93.7 Å². The number of aromatic nitrogens is 4. The molecule has 2 fully saturated rings. The fourth-order valence-electron chi connectivity index (χ4n) is 6.88. The average molecular weight is 603 g/mol. The minimum absolute atomic E-state index is 0.00152. The maximum atomic E-state index is 13.1. The molecule has 2 aromatic carbocycles. The molecule has 2 unspecified atom stereocenters. The molecular formula is C37H42N6O2. The lowest BCUT2D eigenvalue weighted by atomic mass is 10.0. The van der Waals surface area contributed by atoms with Gasteiger partial charge in [-0.1, -0.05) is 60.7 Å². The summed E-state index contributed by atoms with van der Waals surface area (Å²) in [4.78, 5) is 34.0. The number of likely N-dealkylation sites (tertiary alicyclic amines) is 2. The van der Waals surface area contributed by atoms with Crippen LogP contribution in [0.3, 0.4) is 0 Å². The molecule has 0 radical (unpaired) electrons. The van der Waals surface area contributed by atoms with Crippen LogP contribution in [0.2, 0.25) is 0 Å². The molecule has 2 aromatic heterocycles. The van der Waals surface area contributed by atoms with E-state index in [-0.39, 0.29) is 11.9 Å². The Kier molecular flexibility index (Phi) is 8.76. The molecule has 2 saturated heterocycles. The third kappa shape index (κ3) is 6.72. The SMILES string of the molecule is CN1CCCC1c1ncc(-c2ccc(COCc3cccc(-c4cnc(C5CCCN5C(=O)CC5=CCCC=C5)[nH]4)c3)cc2)[nH]1. The van der Waals surface area contributed by atoms with Crippen LogP contribution >= 0.6 is 0 Å². The second-order valence-electron chi connectivity index (χ2n) is 12.6. The van der Waals surface area contributed by atoms with Crippen molar-refractivity contribution >= 4 is 5.91 Å². The quantitative estimate of drug-likeness (QED) is 0.199. The molecule has 2 atom stereocenters. The Morgan fingerprint density at radius 1 is 0.867 bits per heavy atom. The summed E-state index contributed by atoms with van der Waals surface area (Å²) in [6.45, 7) is 2.97. The fraction of sp³-hybridized carbons (Fsp3) is 0.378. The molecule has 8 nitrogen and oxygen atoms in total. The number of nitrogens with zero attached hydrogens (tertiary/aromatic N) is 4. The van der Waals surface area contributed by atoms with Crippen molar-refractivity contribution in [1.29, 1.82) is 0 Å². The molecule has 0 saturated carbocycles. The number of carbonyl (C=O) groups is 1. The number of carbonyl (C=O) groups excluding carboxylic acids is 1. The third-order valence-corrected chi connectivity index (χ3v) is 9.38. The van der Waals surface area contributed by atoms with E-state index in [4.69, 9.17) is 9.72 Å². The van der Waals surface area contributed by atoms with Crippen molar-refractivity contribution in [3.8, 4) is 22.5 Å². The minimum atomic E-state index is 0.00152. The summed E-state index contributed by atoms with van der Waals surface area (Å²) in [5.74, 6) is 2.11. The first kappa shape index (κ1) is 29.4. The molecule has 1 aliphatic carbocycles. The highest BCUT2D eigenvalue weighted by molar-refractivity contribution is 5.80. The van der Waals surface area contributed by atoms with Gasteiger partial charge in [0.1, 0.15) is 11.6 Å². The number of H-pyrrole nitrogens is 2. The van der Waals surface area contributed by atoms with Gasteiger partial charge in [0.2, 0.25) is 5.91 Å².